The Bertz CT molecular complexity index is 431. The Morgan fingerprint density at radius 3 is 3.00 bits per heavy atom. The molecule has 0 spiro atoms. The van der Waals surface area contributed by atoms with Crippen LogP contribution in [0.5, 0.6) is 0 Å². The molecule has 0 amide bonds. The van der Waals surface area contributed by atoms with Crippen LogP contribution in [0.25, 0.3) is 5.52 Å². The minimum absolute atomic E-state index is 0.696. The van der Waals surface area contributed by atoms with Crippen molar-refractivity contribution in [2.75, 3.05) is 6.54 Å². The Kier molecular flexibility index (Phi) is 2.50. The monoisotopic (exact) mass is 189 g/mol. The van der Waals surface area contributed by atoms with Crippen LogP contribution in [0.1, 0.15) is 18.3 Å². The van der Waals surface area contributed by atoms with Crippen molar-refractivity contribution < 1.29 is 0 Å². The van der Waals surface area contributed by atoms with Crippen LogP contribution in [0.3, 0.4) is 0 Å². The van der Waals surface area contributed by atoms with Gasteiger partial charge in [0.2, 0.25) is 0 Å². The SMILES string of the molecule is CCc1ncc2ccc(CCN)cn12. The van der Waals surface area contributed by atoms with Crippen LogP contribution in [-0.4, -0.2) is 15.9 Å². The van der Waals surface area contributed by atoms with Crippen LogP contribution < -0.4 is 5.73 Å². The lowest BCUT2D eigenvalue weighted by Gasteiger charge is -2.02. The third-order valence-corrected chi connectivity index (χ3v) is 2.41. The molecule has 2 heterocycles. The van der Waals surface area contributed by atoms with E-state index in [9.17, 15) is 0 Å². The summed E-state index contributed by atoms with van der Waals surface area (Å²) in [5.74, 6) is 1.11. The Labute approximate surface area is 83.6 Å². The molecule has 0 aliphatic rings. The molecule has 2 aromatic heterocycles. The van der Waals surface area contributed by atoms with Crippen LogP contribution >= 0.6 is 0 Å². The zero-order chi connectivity index (χ0) is 9.97. The Morgan fingerprint density at radius 1 is 1.43 bits per heavy atom. The van der Waals surface area contributed by atoms with Gasteiger partial charge in [-0.05, 0) is 24.6 Å². The van der Waals surface area contributed by atoms with Gasteiger partial charge in [0.1, 0.15) is 5.82 Å². The van der Waals surface area contributed by atoms with Crippen LogP contribution in [0.15, 0.2) is 24.5 Å². The third-order valence-electron chi connectivity index (χ3n) is 2.41. The number of hydrogen-bond acceptors (Lipinski definition) is 2. The van der Waals surface area contributed by atoms with Crippen molar-refractivity contribution >= 4 is 5.52 Å². The van der Waals surface area contributed by atoms with E-state index in [4.69, 9.17) is 5.73 Å². The fourth-order valence-electron chi connectivity index (χ4n) is 1.66. The van der Waals surface area contributed by atoms with Gasteiger partial charge in [-0.3, -0.25) is 0 Å². The second kappa shape index (κ2) is 3.80. The Hall–Kier alpha value is -1.35. The maximum Gasteiger partial charge on any atom is 0.112 e. The molecule has 2 rings (SSSR count). The number of nitrogens with two attached hydrogens (primary N) is 1. The zero-order valence-corrected chi connectivity index (χ0v) is 8.40. The summed E-state index contributed by atoms with van der Waals surface area (Å²) in [6.07, 6.45) is 5.93. The smallest absolute Gasteiger partial charge is 0.112 e. The largest absolute Gasteiger partial charge is 0.330 e. The number of pyridine rings is 1. The van der Waals surface area contributed by atoms with Gasteiger partial charge >= 0.3 is 0 Å². The van der Waals surface area contributed by atoms with E-state index in [2.05, 4.69) is 34.6 Å². The second-order valence-electron chi connectivity index (χ2n) is 3.40. The molecule has 0 atom stereocenters. The van der Waals surface area contributed by atoms with Crippen LogP contribution in [-0.2, 0) is 12.8 Å². The van der Waals surface area contributed by atoms with Crippen molar-refractivity contribution in [3.8, 4) is 0 Å². The van der Waals surface area contributed by atoms with Gasteiger partial charge in [0.25, 0.3) is 0 Å². The highest BCUT2D eigenvalue weighted by Crippen LogP contribution is 2.10. The normalized spacial score (nSPS) is 11.0. The maximum atomic E-state index is 5.53. The topological polar surface area (TPSA) is 43.3 Å². The Balaban J connectivity index is 2.50. The zero-order valence-electron chi connectivity index (χ0n) is 8.40. The number of nitrogens with zero attached hydrogens (tertiary/aromatic N) is 2. The van der Waals surface area contributed by atoms with Gasteiger partial charge in [0.05, 0.1) is 11.7 Å². The predicted octanol–water partition coefficient (Wildman–Crippen LogP) is 1.40. The molecule has 14 heavy (non-hydrogen) atoms. The number of imidazole rings is 1. The summed E-state index contributed by atoms with van der Waals surface area (Å²) in [4.78, 5) is 4.35. The molecule has 0 saturated heterocycles. The van der Waals surface area contributed by atoms with Crippen LogP contribution in [0.4, 0.5) is 0 Å². The number of rotatable bonds is 3. The standard InChI is InChI=1S/C11H15N3/c1-2-11-13-7-10-4-3-9(5-6-12)8-14(10)11/h3-4,7-8H,2,5-6,12H2,1H3. The summed E-state index contributed by atoms with van der Waals surface area (Å²) in [6, 6.07) is 4.21. The van der Waals surface area contributed by atoms with Crippen molar-refractivity contribution in [3.63, 3.8) is 0 Å². The quantitative estimate of drug-likeness (QED) is 0.793. The van der Waals surface area contributed by atoms with Crippen molar-refractivity contribution in [3.05, 3.63) is 35.9 Å². The molecule has 0 aliphatic heterocycles. The fourth-order valence-corrected chi connectivity index (χ4v) is 1.66. The first kappa shape index (κ1) is 9.21. The van der Waals surface area contributed by atoms with Gasteiger partial charge in [-0.1, -0.05) is 13.0 Å². The molecule has 2 N–H and O–H groups in total. The van der Waals surface area contributed by atoms with E-state index in [0.29, 0.717) is 6.54 Å². The molecule has 0 aliphatic carbocycles. The molecular weight excluding hydrogens is 174 g/mol. The van der Waals surface area contributed by atoms with Gasteiger partial charge in [0, 0.05) is 12.6 Å². The average molecular weight is 189 g/mol. The number of aromatic nitrogens is 2. The van der Waals surface area contributed by atoms with E-state index >= 15 is 0 Å². The van der Waals surface area contributed by atoms with Gasteiger partial charge in [-0.15, -0.1) is 0 Å². The molecule has 3 heteroatoms. The van der Waals surface area contributed by atoms with Crippen LogP contribution in [0, 0.1) is 0 Å². The number of hydrogen-bond donors (Lipinski definition) is 1. The van der Waals surface area contributed by atoms with Gasteiger partial charge in [0.15, 0.2) is 0 Å². The van der Waals surface area contributed by atoms with Crippen molar-refractivity contribution in [1.29, 1.82) is 0 Å². The minimum atomic E-state index is 0.696. The first-order valence-corrected chi connectivity index (χ1v) is 5.00. The summed E-state index contributed by atoms with van der Waals surface area (Å²) in [6.45, 7) is 2.81. The first-order chi connectivity index (χ1) is 6.85. The van der Waals surface area contributed by atoms with Gasteiger partial charge in [-0.25, -0.2) is 4.98 Å². The molecule has 0 saturated carbocycles. The minimum Gasteiger partial charge on any atom is -0.330 e. The lowest BCUT2D eigenvalue weighted by molar-refractivity contribution is 0.904. The highest BCUT2D eigenvalue weighted by molar-refractivity contribution is 5.47. The summed E-state index contributed by atoms with van der Waals surface area (Å²) < 4.78 is 2.14. The molecule has 0 bridgehead atoms. The third kappa shape index (κ3) is 1.51. The number of fused-ring (bicyclic) bond motifs is 1. The van der Waals surface area contributed by atoms with E-state index < -0.39 is 0 Å². The predicted molar refractivity (Wildman–Crippen MR) is 57.3 cm³/mol. The maximum absolute atomic E-state index is 5.53. The summed E-state index contributed by atoms with van der Waals surface area (Å²) >= 11 is 0. The highest BCUT2D eigenvalue weighted by Gasteiger charge is 2.01. The molecule has 74 valence electrons. The molecule has 2 aromatic rings. The lowest BCUT2D eigenvalue weighted by atomic mass is 10.2. The second-order valence-corrected chi connectivity index (χ2v) is 3.40. The fraction of sp³-hybridized carbons (Fsp3) is 0.364. The number of aryl methyl sites for hydroxylation is 1. The van der Waals surface area contributed by atoms with Gasteiger partial charge in [-0.2, -0.15) is 0 Å². The molecule has 0 aromatic carbocycles. The van der Waals surface area contributed by atoms with Crippen molar-refractivity contribution in [1.82, 2.24) is 9.38 Å². The summed E-state index contributed by atoms with van der Waals surface area (Å²) in [7, 11) is 0. The van der Waals surface area contributed by atoms with E-state index in [0.717, 1.165) is 24.2 Å². The van der Waals surface area contributed by atoms with Gasteiger partial charge < -0.3 is 10.1 Å². The molecule has 0 fully saturated rings. The summed E-state index contributed by atoms with van der Waals surface area (Å²) in [5, 5.41) is 0. The van der Waals surface area contributed by atoms with Crippen molar-refractivity contribution in [2.45, 2.75) is 19.8 Å². The highest BCUT2D eigenvalue weighted by atomic mass is 15.0. The van der Waals surface area contributed by atoms with E-state index in [1.54, 1.807) is 0 Å². The van der Waals surface area contributed by atoms with E-state index in [1.165, 1.54) is 5.56 Å². The lowest BCUT2D eigenvalue weighted by Crippen LogP contribution is -2.04. The molecule has 0 radical (unpaired) electrons. The first-order valence-electron chi connectivity index (χ1n) is 5.00. The molecule has 0 unspecified atom stereocenters. The molecule has 3 nitrogen and oxygen atoms in total. The summed E-state index contributed by atoms with van der Waals surface area (Å²) in [5.41, 5.74) is 7.95. The van der Waals surface area contributed by atoms with E-state index in [-0.39, 0.29) is 0 Å². The van der Waals surface area contributed by atoms with E-state index in [1.807, 2.05) is 6.20 Å². The Morgan fingerprint density at radius 2 is 2.29 bits per heavy atom. The van der Waals surface area contributed by atoms with Crippen LogP contribution in [0.2, 0.25) is 0 Å². The van der Waals surface area contributed by atoms with Crippen molar-refractivity contribution in [2.24, 2.45) is 5.73 Å². The molecular formula is C11H15N3. The average Bonchev–Trinajstić information content (AvgIpc) is 2.60.